The van der Waals surface area contributed by atoms with Crippen molar-refractivity contribution in [2.75, 3.05) is 19.6 Å². The third-order valence-corrected chi connectivity index (χ3v) is 11.6. The molecule has 0 aliphatic heterocycles. The summed E-state index contributed by atoms with van der Waals surface area (Å²) in [5.74, 6) is 1.77. The molecule has 0 bridgehead atoms. The molecular formula is C47H89N3O3. The number of unbranched alkanes of at least 4 members (excludes halogenated alkanes) is 12. The topological polar surface area (TPSA) is 87.3 Å². The number of rotatable bonds is 33. The first-order valence-corrected chi connectivity index (χ1v) is 23.0. The zero-order chi connectivity index (χ0) is 39.1. The van der Waals surface area contributed by atoms with Gasteiger partial charge in [0.05, 0.1) is 0 Å². The van der Waals surface area contributed by atoms with E-state index in [-0.39, 0.29) is 35.5 Å². The minimum absolute atomic E-state index is 0.0155. The van der Waals surface area contributed by atoms with E-state index < -0.39 is 0 Å². The molecule has 53 heavy (non-hydrogen) atoms. The van der Waals surface area contributed by atoms with Crippen LogP contribution in [-0.2, 0) is 14.4 Å². The molecule has 310 valence electrons. The fraction of sp³-hybridized carbons (Fsp3) is 0.894. The molecule has 0 heterocycles. The highest BCUT2D eigenvalue weighted by Crippen LogP contribution is 2.34. The third kappa shape index (κ3) is 27.4. The Balaban J connectivity index is 2.47. The van der Waals surface area contributed by atoms with Crippen LogP contribution < -0.4 is 16.0 Å². The van der Waals surface area contributed by atoms with Gasteiger partial charge in [-0.15, -0.1) is 0 Å². The Kier molecular flexibility index (Phi) is 30.1. The zero-order valence-electron chi connectivity index (χ0n) is 36.2. The quantitative estimate of drug-likeness (QED) is 0.0462. The smallest absolute Gasteiger partial charge is 0.223 e. The van der Waals surface area contributed by atoms with Crippen molar-refractivity contribution in [3.63, 3.8) is 0 Å². The lowest BCUT2D eigenvalue weighted by molar-refractivity contribution is -0.134. The van der Waals surface area contributed by atoms with E-state index in [4.69, 9.17) is 0 Å². The van der Waals surface area contributed by atoms with Crippen molar-refractivity contribution in [1.82, 2.24) is 16.0 Å². The van der Waals surface area contributed by atoms with Crippen molar-refractivity contribution >= 4 is 17.7 Å². The molecule has 6 heteroatoms. The Morgan fingerprint density at radius 2 is 0.811 bits per heavy atom. The van der Waals surface area contributed by atoms with E-state index >= 15 is 0 Å². The number of hydrogen-bond donors (Lipinski definition) is 3. The molecule has 0 aromatic heterocycles. The number of nitrogens with one attached hydrogen (secondary N) is 3. The lowest BCUT2D eigenvalue weighted by atomic mass is 9.74. The van der Waals surface area contributed by atoms with Crippen molar-refractivity contribution < 1.29 is 14.4 Å². The molecule has 0 radical (unpaired) electrons. The highest BCUT2D eigenvalue weighted by Gasteiger charge is 2.38. The maximum Gasteiger partial charge on any atom is 0.223 e. The zero-order valence-corrected chi connectivity index (χ0v) is 36.2. The Morgan fingerprint density at radius 3 is 1.21 bits per heavy atom. The van der Waals surface area contributed by atoms with E-state index in [1.807, 2.05) is 0 Å². The molecule has 1 rings (SSSR count). The Hall–Kier alpha value is -1.85. The Labute approximate surface area is 329 Å². The van der Waals surface area contributed by atoms with E-state index in [1.54, 1.807) is 0 Å². The van der Waals surface area contributed by atoms with Crippen LogP contribution in [0.4, 0.5) is 0 Å². The van der Waals surface area contributed by atoms with Gasteiger partial charge in [-0.1, -0.05) is 157 Å². The second-order valence-electron chi connectivity index (χ2n) is 18.0. The van der Waals surface area contributed by atoms with Crippen LogP contribution in [0, 0.1) is 41.4 Å². The molecular weight excluding hydrogens is 655 g/mol. The van der Waals surface area contributed by atoms with Crippen molar-refractivity contribution in [2.24, 2.45) is 41.4 Å². The van der Waals surface area contributed by atoms with Gasteiger partial charge in [-0.05, 0) is 87.9 Å². The molecule has 0 spiro atoms. The first-order valence-electron chi connectivity index (χ1n) is 23.0. The first-order chi connectivity index (χ1) is 25.5. The number of carbonyl (C=O) groups is 3. The van der Waals surface area contributed by atoms with E-state index in [0.717, 1.165) is 37.5 Å². The van der Waals surface area contributed by atoms with Gasteiger partial charge in [0, 0.05) is 37.4 Å². The lowest BCUT2D eigenvalue weighted by Gasteiger charge is -2.33. The van der Waals surface area contributed by atoms with Crippen LogP contribution in [0.25, 0.3) is 0 Å². The predicted octanol–water partition coefficient (Wildman–Crippen LogP) is 12.1. The maximum atomic E-state index is 13.4. The fourth-order valence-electron chi connectivity index (χ4n) is 7.90. The monoisotopic (exact) mass is 744 g/mol. The van der Waals surface area contributed by atoms with E-state index in [0.29, 0.717) is 50.7 Å². The molecule has 0 aromatic rings. The SMILES string of the molecule is CCCCCCCC/C=C\CCCCCCCCNC(=O)C1CC(C(=O)NCCC(C)CCCC(C)C)CC(C(=O)NCCC(C)CCCC(C)C)C1. The van der Waals surface area contributed by atoms with Crippen LogP contribution in [0.15, 0.2) is 12.2 Å². The summed E-state index contributed by atoms with van der Waals surface area (Å²) in [5.41, 5.74) is 0. The van der Waals surface area contributed by atoms with Crippen molar-refractivity contribution in [3.8, 4) is 0 Å². The van der Waals surface area contributed by atoms with Crippen LogP contribution in [0.1, 0.15) is 209 Å². The number of carbonyl (C=O) groups excluding carboxylic acids is 3. The van der Waals surface area contributed by atoms with Gasteiger partial charge in [0.2, 0.25) is 17.7 Å². The normalized spacial score (nSPS) is 18.8. The highest BCUT2D eigenvalue weighted by atomic mass is 16.2. The number of hydrogen-bond acceptors (Lipinski definition) is 3. The molecule has 3 N–H and O–H groups in total. The second-order valence-corrected chi connectivity index (χ2v) is 18.0. The van der Waals surface area contributed by atoms with E-state index in [2.05, 4.69) is 76.6 Å². The molecule has 1 saturated carbocycles. The summed E-state index contributed by atoms with van der Waals surface area (Å²) < 4.78 is 0. The molecule has 4 atom stereocenters. The number of allylic oxidation sites excluding steroid dienone is 2. The Morgan fingerprint density at radius 1 is 0.453 bits per heavy atom. The Bertz CT molecular complexity index is 901. The highest BCUT2D eigenvalue weighted by molar-refractivity contribution is 5.85. The molecule has 1 aliphatic rings. The molecule has 0 aromatic carbocycles. The van der Waals surface area contributed by atoms with Gasteiger partial charge < -0.3 is 16.0 Å². The summed E-state index contributed by atoms with van der Waals surface area (Å²) in [4.78, 5) is 40.3. The van der Waals surface area contributed by atoms with E-state index in [1.165, 1.54) is 116 Å². The lowest BCUT2D eigenvalue weighted by Crippen LogP contribution is -2.45. The maximum absolute atomic E-state index is 13.4. The molecule has 3 amide bonds. The second kappa shape index (κ2) is 32.4. The summed E-state index contributed by atoms with van der Waals surface area (Å²) in [7, 11) is 0. The van der Waals surface area contributed by atoms with Crippen molar-refractivity contribution in [3.05, 3.63) is 12.2 Å². The van der Waals surface area contributed by atoms with Crippen molar-refractivity contribution in [1.29, 1.82) is 0 Å². The van der Waals surface area contributed by atoms with E-state index in [9.17, 15) is 14.4 Å². The van der Waals surface area contributed by atoms with Gasteiger partial charge >= 0.3 is 0 Å². The standard InChI is InChI=1S/C47H89N3O3/c1-8-9-10-11-12-13-14-15-16-17-18-19-20-21-22-23-32-48-45(51)42-35-43(46(52)49-33-30-40(6)28-24-26-38(2)3)37-44(36-42)47(53)50-34-31-41(7)29-25-27-39(4)5/h15-16,38-44H,8-14,17-37H2,1-7H3,(H,48,51)(H,49,52)(H,50,53)/b16-15-. The minimum atomic E-state index is -0.299. The van der Waals surface area contributed by atoms with Crippen molar-refractivity contribution in [2.45, 2.75) is 209 Å². The van der Waals surface area contributed by atoms with Crippen LogP contribution in [-0.4, -0.2) is 37.4 Å². The van der Waals surface area contributed by atoms with Gasteiger partial charge in [0.1, 0.15) is 0 Å². The number of amides is 3. The molecule has 6 nitrogen and oxygen atoms in total. The van der Waals surface area contributed by atoms with Crippen LogP contribution in [0.5, 0.6) is 0 Å². The van der Waals surface area contributed by atoms with Crippen LogP contribution in [0.2, 0.25) is 0 Å². The largest absolute Gasteiger partial charge is 0.356 e. The molecule has 0 saturated heterocycles. The summed E-state index contributed by atoms with van der Waals surface area (Å²) in [5, 5.41) is 9.55. The molecule has 1 fully saturated rings. The van der Waals surface area contributed by atoms with Crippen LogP contribution in [0.3, 0.4) is 0 Å². The summed E-state index contributed by atoms with van der Waals surface area (Å²) in [6.07, 6.45) is 33.4. The first kappa shape index (κ1) is 49.2. The third-order valence-electron chi connectivity index (χ3n) is 11.6. The van der Waals surface area contributed by atoms with Gasteiger partial charge in [-0.3, -0.25) is 14.4 Å². The summed E-state index contributed by atoms with van der Waals surface area (Å²) in [6, 6.07) is 0. The van der Waals surface area contributed by atoms with Gasteiger partial charge in [-0.2, -0.15) is 0 Å². The van der Waals surface area contributed by atoms with Gasteiger partial charge in [0.25, 0.3) is 0 Å². The van der Waals surface area contributed by atoms with Gasteiger partial charge in [0.15, 0.2) is 0 Å². The average Bonchev–Trinajstić information content (AvgIpc) is 3.12. The summed E-state index contributed by atoms with van der Waals surface area (Å²) >= 11 is 0. The molecule has 1 aliphatic carbocycles. The van der Waals surface area contributed by atoms with Gasteiger partial charge in [-0.25, -0.2) is 0 Å². The fourth-order valence-corrected chi connectivity index (χ4v) is 7.90. The summed E-state index contributed by atoms with van der Waals surface area (Å²) in [6.45, 7) is 17.9. The predicted molar refractivity (Wildman–Crippen MR) is 228 cm³/mol. The molecule has 4 unspecified atom stereocenters. The van der Waals surface area contributed by atoms with Crippen LogP contribution >= 0.6 is 0 Å². The minimum Gasteiger partial charge on any atom is -0.356 e. The average molecular weight is 744 g/mol.